The molecule has 5 nitrogen and oxygen atoms in total. The standard InChI is InChI=1S/C14H19NO4/c1-9-6-4-5-7-11(9)12(8-13(16)17)15-14(18)10(2)19-3/h4-7,10,12H,8H2,1-3H3,(H,15,18)(H,16,17). The van der Waals surface area contributed by atoms with E-state index in [2.05, 4.69) is 5.32 Å². The van der Waals surface area contributed by atoms with Gasteiger partial charge in [-0.3, -0.25) is 9.59 Å². The minimum absolute atomic E-state index is 0.160. The van der Waals surface area contributed by atoms with Crippen molar-refractivity contribution in [2.24, 2.45) is 0 Å². The maximum absolute atomic E-state index is 11.8. The summed E-state index contributed by atoms with van der Waals surface area (Å²) in [6.45, 7) is 3.50. The van der Waals surface area contributed by atoms with Gasteiger partial charge < -0.3 is 15.2 Å². The number of carboxylic acid groups (broad SMARTS) is 1. The van der Waals surface area contributed by atoms with Crippen molar-refractivity contribution in [3.8, 4) is 0 Å². The van der Waals surface area contributed by atoms with Crippen LogP contribution in [0.1, 0.15) is 30.5 Å². The highest BCUT2D eigenvalue weighted by Gasteiger charge is 2.22. The average Bonchev–Trinajstić information content (AvgIpc) is 2.37. The van der Waals surface area contributed by atoms with Crippen LogP contribution in [0.4, 0.5) is 0 Å². The fraction of sp³-hybridized carbons (Fsp3) is 0.429. The topological polar surface area (TPSA) is 75.6 Å². The highest BCUT2D eigenvalue weighted by atomic mass is 16.5. The van der Waals surface area contributed by atoms with Gasteiger partial charge in [0, 0.05) is 7.11 Å². The molecule has 104 valence electrons. The number of carbonyl (C=O) groups excluding carboxylic acids is 1. The van der Waals surface area contributed by atoms with Crippen LogP contribution in [0.5, 0.6) is 0 Å². The minimum Gasteiger partial charge on any atom is -0.481 e. The second kappa shape index (κ2) is 6.89. The summed E-state index contributed by atoms with van der Waals surface area (Å²) in [6, 6.07) is 6.85. The van der Waals surface area contributed by atoms with Crippen LogP contribution >= 0.6 is 0 Å². The Hall–Kier alpha value is -1.88. The van der Waals surface area contributed by atoms with Crippen molar-refractivity contribution in [3.05, 3.63) is 35.4 Å². The van der Waals surface area contributed by atoms with E-state index < -0.39 is 18.1 Å². The molecule has 2 atom stereocenters. The van der Waals surface area contributed by atoms with Crippen molar-refractivity contribution in [2.45, 2.75) is 32.4 Å². The number of benzene rings is 1. The molecule has 1 aromatic carbocycles. The second-order valence-electron chi connectivity index (χ2n) is 4.39. The van der Waals surface area contributed by atoms with E-state index in [0.717, 1.165) is 11.1 Å². The van der Waals surface area contributed by atoms with E-state index in [1.165, 1.54) is 7.11 Å². The van der Waals surface area contributed by atoms with E-state index in [0.29, 0.717) is 0 Å². The Balaban J connectivity index is 2.93. The number of carboxylic acids is 1. The molecule has 19 heavy (non-hydrogen) atoms. The van der Waals surface area contributed by atoms with Crippen molar-refractivity contribution < 1.29 is 19.4 Å². The molecule has 0 bridgehead atoms. The Morgan fingerprint density at radius 3 is 2.53 bits per heavy atom. The van der Waals surface area contributed by atoms with Gasteiger partial charge in [0.05, 0.1) is 12.5 Å². The molecule has 1 amide bonds. The summed E-state index contributed by atoms with van der Waals surface area (Å²) in [5.74, 6) is -1.28. The Kier molecular flexibility index (Phi) is 5.51. The highest BCUT2D eigenvalue weighted by molar-refractivity contribution is 5.81. The molecule has 2 unspecified atom stereocenters. The molecule has 0 spiro atoms. The largest absolute Gasteiger partial charge is 0.481 e. The smallest absolute Gasteiger partial charge is 0.305 e. The van der Waals surface area contributed by atoms with Crippen molar-refractivity contribution in [3.63, 3.8) is 0 Å². The van der Waals surface area contributed by atoms with Gasteiger partial charge in [0.15, 0.2) is 0 Å². The number of aryl methyl sites for hydroxylation is 1. The lowest BCUT2D eigenvalue weighted by Gasteiger charge is -2.21. The zero-order valence-electron chi connectivity index (χ0n) is 11.3. The third-order valence-electron chi connectivity index (χ3n) is 2.98. The van der Waals surface area contributed by atoms with Gasteiger partial charge in [0.1, 0.15) is 6.10 Å². The zero-order valence-corrected chi connectivity index (χ0v) is 11.3. The van der Waals surface area contributed by atoms with Crippen LogP contribution < -0.4 is 5.32 Å². The van der Waals surface area contributed by atoms with Crippen LogP contribution in [0, 0.1) is 6.92 Å². The molecule has 1 rings (SSSR count). The molecule has 0 saturated heterocycles. The lowest BCUT2D eigenvalue weighted by atomic mass is 9.98. The van der Waals surface area contributed by atoms with E-state index in [1.807, 2.05) is 31.2 Å². The summed E-state index contributed by atoms with van der Waals surface area (Å²) in [5, 5.41) is 11.7. The third-order valence-corrected chi connectivity index (χ3v) is 2.98. The van der Waals surface area contributed by atoms with Gasteiger partial charge >= 0.3 is 5.97 Å². The average molecular weight is 265 g/mol. The summed E-state index contributed by atoms with van der Waals surface area (Å²) < 4.78 is 4.92. The Morgan fingerprint density at radius 1 is 1.37 bits per heavy atom. The molecule has 2 N–H and O–H groups in total. The predicted octanol–water partition coefficient (Wildman–Crippen LogP) is 1.66. The first kappa shape index (κ1) is 15.2. The normalized spacial score (nSPS) is 13.6. The summed E-state index contributed by atoms with van der Waals surface area (Å²) in [6.07, 6.45) is -0.771. The van der Waals surface area contributed by atoms with Gasteiger partial charge in [-0.05, 0) is 25.0 Å². The van der Waals surface area contributed by atoms with Gasteiger partial charge in [0.2, 0.25) is 5.91 Å². The van der Waals surface area contributed by atoms with Gasteiger partial charge in [0.25, 0.3) is 0 Å². The van der Waals surface area contributed by atoms with Crippen molar-refractivity contribution in [1.82, 2.24) is 5.32 Å². The number of nitrogens with one attached hydrogen (secondary N) is 1. The maximum Gasteiger partial charge on any atom is 0.305 e. The molecule has 0 aliphatic heterocycles. The van der Waals surface area contributed by atoms with Crippen molar-refractivity contribution >= 4 is 11.9 Å². The Morgan fingerprint density at radius 2 is 2.00 bits per heavy atom. The molecule has 0 aliphatic carbocycles. The van der Waals surface area contributed by atoms with E-state index in [-0.39, 0.29) is 12.3 Å². The monoisotopic (exact) mass is 265 g/mol. The first-order valence-corrected chi connectivity index (χ1v) is 6.06. The number of methoxy groups -OCH3 is 1. The molecule has 0 aliphatic rings. The zero-order chi connectivity index (χ0) is 14.4. The van der Waals surface area contributed by atoms with Crippen LogP contribution in [0.15, 0.2) is 24.3 Å². The quantitative estimate of drug-likeness (QED) is 0.820. The first-order chi connectivity index (χ1) is 8.95. The van der Waals surface area contributed by atoms with E-state index >= 15 is 0 Å². The molecule has 0 fully saturated rings. The van der Waals surface area contributed by atoms with Gasteiger partial charge in [-0.2, -0.15) is 0 Å². The predicted molar refractivity (Wildman–Crippen MR) is 70.8 cm³/mol. The van der Waals surface area contributed by atoms with Gasteiger partial charge in [-0.25, -0.2) is 0 Å². The SMILES string of the molecule is COC(C)C(=O)NC(CC(=O)O)c1ccccc1C. The van der Waals surface area contributed by atoms with Crippen LogP contribution in [-0.2, 0) is 14.3 Å². The Bertz CT molecular complexity index is 459. The summed E-state index contributed by atoms with van der Waals surface area (Å²) in [7, 11) is 1.43. The summed E-state index contributed by atoms with van der Waals surface area (Å²) in [5.41, 5.74) is 1.75. The van der Waals surface area contributed by atoms with E-state index in [1.54, 1.807) is 6.92 Å². The molecule has 0 radical (unpaired) electrons. The molecule has 0 aromatic heterocycles. The Labute approximate surface area is 112 Å². The van der Waals surface area contributed by atoms with Crippen molar-refractivity contribution in [2.75, 3.05) is 7.11 Å². The minimum atomic E-state index is -0.960. The van der Waals surface area contributed by atoms with E-state index in [4.69, 9.17) is 9.84 Å². The van der Waals surface area contributed by atoms with Gasteiger partial charge in [-0.1, -0.05) is 24.3 Å². The number of carbonyl (C=O) groups is 2. The van der Waals surface area contributed by atoms with Crippen molar-refractivity contribution in [1.29, 1.82) is 0 Å². The fourth-order valence-electron chi connectivity index (χ4n) is 1.79. The van der Waals surface area contributed by atoms with Crippen LogP contribution in [0.25, 0.3) is 0 Å². The van der Waals surface area contributed by atoms with Gasteiger partial charge in [-0.15, -0.1) is 0 Å². The molecule has 5 heteroatoms. The van der Waals surface area contributed by atoms with E-state index in [9.17, 15) is 9.59 Å². The molecule has 0 heterocycles. The molecular formula is C14H19NO4. The lowest BCUT2D eigenvalue weighted by molar-refractivity contribution is -0.138. The third kappa shape index (κ3) is 4.37. The number of amides is 1. The summed E-state index contributed by atoms with van der Waals surface area (Å²) in [4.78, 5) is 22.8. The van der Waals surface area contributed by atoms with Crippen LogP contribution in [0.2, 0.25) is 0 Å². The van der Waals surface area contributed by atoms with Crippen LogP contribution in [0.3, 0.4) is 0 Å². The number of hydrogen-bond donors (Lipinski definition) is 2. The first-order valence-electron chi connectivity index (χ1n) is 6.06. The van der Waals surface area contributed by atoms with Crippen LogP contribution in [-0.4, -0.2) is 30.2 Å². The lowest BCUT2D eigenvalue weighted by Crippen LogP contribution is -2.37. The fourth-order valence-corrected chi connectivity index (χ4v) is 1.79. The molecule has 1 aromatic rings. The summed E-state index contributed by atoms with van der Waals surface area (Å²) >= 11 is 0. The molecule has 0 saturated carbocycles. The number of hydrogen-bond acceptors (Lipinski definition) is 3. The second-order valence-corrected chi connectivity index (χ2v) is 4.39. The molecular weight excluding hydrogens is 246 g/mol. The highest BCUT2D eigenvalue weighted by Crippen LogP contribution is 2.20. The number of rotatable bonds is 6. The number of ether oxygens (including phenoxy) is 1. The maximum atomic E-state index is 11.8. The number of aliphatic carboxylic acids is 1.